The van der Waals surface area contributed by atoms with E-state index in [1.165, 1.54) is 0 Å². The number of hydrogen-bond donors (Lipinski definition) is 1. The van der Waals surface area contributed by atoms with Crippen LogP contribution < -0.4 is 5.32 Å². The number of nitrogens with one attached hydrogen (secondary N) is 1. The van der Waals surface area contributed by atoms with E-state index in [4.69, 9.17) is 4.84 Å². The number of carbonyl (C=O) groups is 2. The highest BCUT2D eigenvalue weighted by Gasteiger charge is 2.39. The maximum Gasteiger partial charge on any atom is 0.266 e. The third-order valence-electron chi connectivity index (χ3n) is 4.05. The molecule has 0 unspecified atom stereocenters. The van der Waals surface area contributed by atoms with Crippen LogP contribution in [0.15, 0.2) is 5.16 Å². The maximum absolute atomic E-state index is 12.2. The minimum atomic E-state index is -0.468. The molecular weight excluding hydrogens is 246 g/mol. The van der Waals surface area contributed by atoms with E-state index >= 15 is 0 Å². The summed E-state index contributed by atoms with van der Waals surface area (Å²) in [6, 6.07) is 0. The van der Waals surface area contributed by atoms with Crippen molar-refractivity contribution in [1.82, 2.24) is 10.2 Å². The molecule has 0 radical (unpaired) electrons. The zero-order chi connectivity index (χ0) is 14.0. The van der Waals surface area contributed by atoms with Crippen LogP contribution in [0.1, 0.15) is 33.1 Å². The van der Waals surface area contributed by atoms with Crippen molar-refractivity contribution in [3.05, 3.63) is 0 Å². The van der Waals surface area contributed by atoms with Crippen molar-refractivity contribution in [2.45, 2.75) is 39.2 Å². The standard InChI is InChI=1S/C13H21N3O3/c1-9-8-10(19-15-9)11(17)16-6-4-13(2,5-7-16)12(18)14-3/h10H,4-8H2,1-3H3,(H,14,18)/t10-/m1/s1. The van der Waals surface area contributed by atoms with E-state index in [0.717, 1.165) is 5.71 Å². The molecule has 6 heteroatoms. The summed E-state index contributed by atoms with van der Waals surface area (Å²) >= 11 is 0. The highest BCUT2D eigenvalue weighted by atomic mass is 16.6. The average Bonchev–Trinajstić information content (AvgIpc) is 2.84. The lowest BCUT2D eigenvalue weighted by molar-refractivity contribution is -0.147. The summed E-state index contributed by atoms with van der Waals surface area (Å²) in [5, 5.41) is 6.50. The van der Waals surface area contributed by atoms with Crippen LogP contribution in [0.4, 0.5) is 0 Å². The predicted molar refractivity (Wildman–Crippen MR) is 70.6 cm³/mol. The average molecular weight is 267 g/mol. The van der Waals surface area contributed by atoms with Crippen molar-refractivity contribution in [1.29, 1.82) is 0 Å². The highest BCUT2D eigenvalue weighted by molar-refractivity contribution is 5.91. The first-order valence-electron chi connectivity index (χ1n) is 6.66. The number of piperidine rings is 1. The van der Waals surface area contributed by atoms with Crippen LogP contribution in [0, 0.1) is 5.41 Å². The summed E-state index contributed by atoms with van der Waals surface area (Å²) in [5.41, 5.74) is 0.486. The van der Waals surface area contributed by atoms with Crippen LogP contribution in [0.2, 0.25) is 0 Å². The van der Waals surface area contributed by atoms with Gasteiger partial charge in [-0.05, 0) is 19.8 Å². The first-order chi connectivity index (χ1) is 8.96. The summed E-state index contributed by atoms with van der Waals surface area (Å²) in [6.07, 6.45) is 1.47. The number of carbonyl (C=O) groups excluding carboxylic acids is 2. The summed E-state index contributed by atoms with van der Waals surface area (Å²) in [5.74, 6) is 0.0375. The Hall–Kier alpha value is -1.59. The molecule has 2 heterocycles. The molecule has 2 rings (SSSR count). The van der Waals surface area contributed by atoms with Crippen molar-refractivity contribution < 1.29 is 14.4 Å². The number of rotatable bonds is 2. The minimum Gasteiger partial charge on any atom is -0.382 e. The van der Waals surface area contributed by atoms with Crippen molar-refractivity contribution in [2.24, 2.45) is 10.6 Å². The summed E-state index contributed by atoms with van der Waals surface area (Å²) in [4.78, 5) is 30.9. The van der Waals surface area contributed by atoms with E-state index in [1.54, 1.807) is 11.9 Å². The van der Waals surface area contributed by atoms with Gasteiger partial charge in [-0.3, -0.25) is 9.59 Å². The van der Waals surface area contributed by atoms with Gasteiger partial charge in [-0.15, -0.1) is 0 Å². The molecule has 2 aliphatic rings. The summed E-state index contributed by atoms with van der Waals surface area (Å²) in [7, 11) is 1.65. The van der Waals surface area contributed by atoms with Gasteiger partial charge in [0, 0.05) is 32.0 Å². The topological polar surface area (TPSA) is 71.0 Å². The van der Waals surface area contributed by atoms with Crippen molar-refractivity contribution >= 4 is 17.5 Å². The Labute approximate surface area is 113 Å². The maximum atomic E-state index is 12.2. The van der Waals surface area contributed by atoms with Crippen molar-refractivity contribution in [3.63, 3.8) is 0 Å². The zero-order valence-electron chi connectivity index (χ0n) is 11.7. The molecular formula is C13H21N3O3. The first kappa shape index (κ1) is 13.8. The molecule has 2 aliphatic heterocycles. The van der Waals surface area contributed by atoms with Gasteiger partial charge in [-0.2, -0.15) is 0 Å². The van der Waals surface area contributed by atoms with Crippen molar-refractivity contribution in [2.75, 3.05) is 20.1 Å². The van der Waals surface area contributed by atoms with Crippen LogP contribution in [0.5, 0.6) is 0 Å². The predicted octanol–water partition coefficient (Wildman–Crippen LogP) is 0.526. The minimum absolute atomic E-state index is 0.0143. The molecule has 1 N–H and O–H groups in total. The molecule has 1 fully saturated rings. The van der Waals surface area contributed by atoms with Gasteiger partial charge >= 0.3 is 0 Å². The number of amides is 2. The van der Waals surface area contributed by atoms with E-state index in [1.807, 2.05) is 13.8 Å². The fraction of sp³-hybridized carbons (Fsp3) is 0.769. The third-order valence-corrected chi connectivity index (χ3v) is 4.05. The van der Waals surface area contributed by atoms with E-state index in [9.17, 15) is 9.59 Å². The van der Waals surface area contributed by atoms with Gasteiger partial charge in [0.05, 0.1) is 5.71 Å². The van der Waals surface area contributed by atoms with Crippen LogP contribution in [-0.4, -0.2) is 48.7 Å². The van der Waals surface area contributed by atoms with Gasteiger partial charge in [0.25, 0.3) is 5.91 Å². The zero-order valence-corrected chi connectivity index (χ0v) is 11.7. The lowest BCUT2D eigenvalue weighted by atomic mass is 9.79. The summed E-state index contributed by atoms with van der Waals surface area (Å²) in [6.45, 7) is 5.00. The fourth-order valence-corrected chi connectivity index (χ4v) is 2.58. The number of oxime groups is 1. The SMILES string of the molecule is CNC(=O)C1(C)CCN(C(=O)[C@H]2CC(C)=NO2)CC1. The van der Waals surface area contributed by atoms with Gasteiger partial charge in [0.15, 0.2) is 0 Å². The number of hydrogen-bond acceptors (Lipinski definition) is 4. The van der Waals surface area contributed by atoms with Crippen LogP contribution in [-0.2, 0) is 14.4 Å². The molecule has 1 atom stereocenters. The quantitative estimate of drug-likeness (QED) is 0.793. The van der Waals surface area contributed by atoms with Gasteiger partial charge < -0.3 is 15.1 Å². The molecule has 6 nitrogen and oxygen atoms in total. The largest absolute Gasteiger partial charge is 0.382 e. The molecule has 0 aromatic carbocycles. The second-order valence-electron chi connectivity index (χ2n) is 5.59. The number of nitrogens with zero attached hydrogens (tertiary/aromatic N) is 2. The Morgan fingerprint density at radius 2 is 2.05 bits per heavy atom. The number of likely N-dealkylation sites (tertiary alicyclic amines) is 1. The van der Waals surface area contributed by atoms with Gasteiger partial charge in [-0.25, -0.2) is 0 Å². The molecule has 0 aliphatic carbocycles. The molecule has 0 spiro atoms. The van der Waals surface area contributed by atoms with E-state index in [2.05, 4.69) is 10.5 Å². The molecule has 1 saturated heterocycles. The Kier molecular flexibility index (Phi) is 3.78. The van der Waals surface area contributed by atoms with E-state index in [-0.39, 0.29) is 17.2 Å². The van der Waals surface area contributed by atoms with Crippen LogP contribution in [0.25, 0.3) is 0 Å². The Morgan fingerprint density at radius 3 is 2.53 bits per heavy atom. The fourth-order valence-electron chi connectivity index (χ4n) is 2.58. The third kappa shape index (κ3) is 2.72. The molecule has 0 aromatic heterocycles. The van der Waals surface area contributed by atoms with Crippen LogP contribution in [0.3, 0.4) is 0 Å². The highest BCUT2D eigenvalue weighted by Crippen LogP contribution is 2.31. The van der Waals surface area contributed by atoms with Crippen LogP contribution >= 0.6 is 0 Å². The second kappa shape index (κ2) is 5.19. The summed E-state index contributed by atoms with van der Waals surface area (Å²) < 4.78 is 0. The first-order valence-corrected chi connectivity index (χ1v) is 6.66. The second-order valence-corrected chi connectivity index (χ2v) is 5.59. The Balaban J connectivity index is 1.90. The van der Waals surface area contributed by atoms with Gasteiger partial charge in [0.1, 0.15) is 0 Å². The molecule has 0 saturated carbocycles. The van der Waals surface area contributed by atoms with E-state index < -0.39 is 6.10 Å². The van der Waals surface area contributed by atoms with Crippen molar-refractivity contribution in [3.8, 4) is 0 Å². The normalized spacial score (nSPS) is 25.5. The molecule has 2 amide bonds. The van der Waals surface area contributed by atoms with E-state index in [0.29, 0.717) is 32.4 Å². The smallest absolute Gasteiger partial charge is 0.266 e. The Bertz CT molecular complexity index is 411. The Morgan fingerprint density at radius 1 is 1.42 bits per heavy atom. The van der Waals surface area contributed by atoms with Gasteiger partial charge in [-0.1, -0.05) is 12.1 Å². The monoisotopic (exact) mass is 267 g/mol. The molecule has 0 aromatic rings. The lowest BCUT2D eigenvalue weighted by Crippen LogP contribution is -2.50. The lowest BCUT2D eigenvalue weighted by Gasteiger charge is -2.38. The van der Waals surface area contributed by atoms with Gasteiger partial charge in [0.2, 0.25) is 12.0 Å². The molecule has 19 heavy (non-hydrogen) atoms. The molecule has 0 bridgehead atoms. The molecule has 106 valence electrons.